The van der Waals surface area contributed by atoms with Gasteiger partial charge in [0.15, 0.2) is 17.3 Å². The third kappa shape index (κ3) is 4.41. The van der Waals surface area contributed by atoms with Gasteiger partial charge in [-0.2, -0.15) is 4.98 Å². The molecule has 0 bridgehead atoms. The number of rotatable bonds is 7. The summed E-state index contributed by atoms with van der Waals surface area (Å²) in [5, 5.41) is 3.29. The largest absolute Gasteiger partial charge is 0.493 e. The third-order valence-corrected chi connectivity index (χ3v) is 4.25. The Morgan fingerprint density at radius 2 is 2.00 bits per heavy atom. The minimum absolute atomic E-state index is 0.318. The lowest BCUT2D eigenvalue weighted by atomic mass is 9.97. The van der Waals surface area contributed by atoms with Crippen molar-refractivity contribution >= 4 is 11.5 Å². The highest BCUT2D eigenvalue weighted by Gasteiger charge is 2.13. The molecular weight excluding hydrogens is 316 g/mol. The Morgan fingerprint density at radius 3 is 2.76 bits per heavy atom. The molecule has 1 aliphatic carbocycles. The molecule has 0 radical (unpaired) electrons. The summed E-state index contributed by atoms with van der Waals surface area (Å²) in [5.74, 6) is 2.10. The number of benzene rings is 1. The molecular formula is C19H24N4O2. The van der Waals surface area contributed by atoms with E-state index in [-0.39, 0.29) is 0 Å². The third-order valence-electron chi connectivity index (χ3n) is 4.25. The van der Waals surface area contributed by atoms with Crippen LogP contribution in [0, 0.1) is 0 Å². The minimum Gasteiger partial charge on any atom is -0.493 e. The summed E-state index contributed by atoms with van der Waals surface area (Å²) in [5.41, 5.74) is 8.08. The van der Waals surface area contributed by atoms with Crippen LogP contribution < -0.4 is 20.5 Å². The van der Waals surface area contributed by atoms with Crippen molar-refractivity contribution in [1.82, 2.24) is 9.97 Å². The molecule has 1 aromatic carbocycles. The first-order chi connectivity index (χ1) is 12.3. The number of ether oxygens (including phenoxy) is 2. The molecule has 0 saturated carbocycles. The van der Waals surface area contributed by atoms with E-state index in [0.717, 1.165) is 13.0 Å². The van der Waals surface area contributed by atoms with E-state index in [9.17, 15) is 0 Å². The topological polar surface area (TPSA) is 82.3 Å². The second kappa shape index (κ2) is 8.37. The first-order valence-electron chi connectivity index (χ1n) is 8.61. The lowest BCUT2D eigenvalue weighted by molar-refractivity contribution is 0.374. The van der Waals surface area contributed by atoms with Crippen LogP contribution in [0.25, 0.3) is 0 Å². The van der Waals surface area contributed by atoms with Crippen molar-refractivity contribution < 1.29 is 9.47 Å². The van der Waals surface area contributed by atoms with Gasteiger partial charge >= 0.3 is 0 Å². The van der Waals surface area contributed by atoms with Crippen LogP contribution in [0.3, 0.4) is 0 Å². The molecule has 6 nitrogen and oxygen atoms in total. The van der Waals surface area contributed by atoms with Gasteiger partial charge in [0, 0.05) is 6.54 Å². The molecule has 0 saturated heterocycles. The van der Waals surface area contributed by atoms with Crippen LogP contribution in [0.2, 0.25) is 0 Å². The Hall–Kier alpha value is -2.76. The number of anilines is 2. The van der Waals surface area contributed by atoms with Gasteiger partial charge in [-0.3, -0.25) is 0 Å². The molecule has 0 amide bonds. The van der Waals surface area contributed by atoms with Crippen LogP contribution >= 0.6 is 0 Å². The lowest BCUT2D eigenvalue weighted by Gasteiger charge is -2.15. The second-order valence-electron chi connectivity index (χ2n) is 5.98. The van der Waals surface area contributed by atoms with E-state index in [1.807, 2.05) is 24.3 Å². The van der Waals surface area contributed by atoms with Crippen LogP contribution in [0.4, 0.5) is 11.5 Å². The molecule has 0 unspecified atom stereocenters. The van der Waals surface area contributed by atoms with E-state index in [1.54, 1.807) is 7.11 Å². The van der Waals surface area contributed by atoms with Gasteiger partial charge in [0.2, 0.25) is 5.88 Å². The van der Waals surface area contributed by atoms with Crippen molar-refractivity contribution in [2.75, 3.05) is 24.7 Å². The summed E-state index contributed by atoms with van der Waals surface area (Å²) in [6.45, 7) is 0.793. The highest BCUT2D eigenvalue weighted by atomic mass is 16.5. The Kier molecular flexibility index (Phi) is 5.72. The van der Waals surface area contributed by atoms with E-state index in [1.165, 1.54) is 37.6 Å². The smallest absolute Gasteiger partial charge is 0.248 e. The molecule has 0 fully saturated rings. The van der Waals surface area contributed by atoms with Gasteiger partial charge in [-0.25, -0.2) is 4.98 Å². The molecule has 25 heavy (non-hydrogen) atoms. The monoisotopic (exact) mass is 340 g/mol. The number of para-hydroxylation sites is 2. The van der Waals surface area contributed by atoms with Gasteiger partial charge in [0.05, 0.1) is 7.11 Å². The summed E-state index contributed by atoms with van der Waals surface area (Å²) in [6.07, 6.45) is 9.79. The zero-order valence-corrected chi connectivity index (χ0v) is 14.5. The van der Waals surface area contributed by atoms with Gasteiger partial charge in [-0.15, -0.1) is 0 Å². The van der Waals surface area contributed by atoms with Crippen LogP contribution in [-0.2, 0) is 0 Å². The fourth-order valence-electron chi connectivity index (χ4n) is 2.88. The van der Waals surface area contributed by atoms with E-state index in [0.29, 0.717) is 28.9 Å². The van der Waals surface area contributed by atoms with Crippen molar-refractivity contribution in [2.45, 2.75) is 32.1 Å². The number of aromatic nitrogens is 2. The summed E-state index contributed by atoms with van der Waals surface area (Å²) >= 11 is 0. The van der Waals surface area contributed by atoms with E-state index >= 15 is 0 Å². The highest BCUT2D eigenvalue weighted by Crippen LogP contribution is 2.34. The predicted octanol–water partition coefficient (Wildman–Crippen LogP) is 4.16. The fraction of sp³-hybridized carbons (Fsp3) is 0.368. The molecule has 1 aromatic heterocycles. The van der Waals surface area contributed by atoms with Gasteiger partial charge < -0.3 is 20.5 Å². The van der Waals surface area contributed by atoms with Gasteiger partial charge in [-0.1, -0.05) is 23.8 Å². The van der Waals surface area contributed by atoms with Gasteiger partial charge in [0.25, 0.3) is 0 Å². The number of hydrogen-bond acceptors (Lipinski definition) is 6. The number of nitrogens with zero attached hydrogens (tertiary/aromatic N) is 2. The quantitative estimate of drug-likeness (QED) is 0.736. The first kappa shape index (κ1) is 17.1. The zero-order chi connectivity index (χ0) is 17.5. The van der Waals surface area contributed by atoms with Gasteiger partial charge in [0.1, 0.15) is 12.0 Å². The Bertz CT molecular complexity index is 746. The van der Waals surface area contributed by atoms with Crippen molar-refractivity contribution in [3.05, 3.63) is 42.2 Å². The maximum absolute atomic E-state index is 6.17. The van der Waals surface area contributed by atoms with Crippen LogP contribution in [0.15, 0.2) is 42.2 Å². The van der Waals surface area contributed by atoms with Crippen LogP contribution in [0.5, 0.6) is 17.4 Å². The standard InChI is InChI=1S/C19H24N4O2/c1-24-15-9-5-6-10-16(15)25-19-17(20)18(22-13-23-19)21-12-11-14-7-3-2-4-8-14/h5-7,9-10,13H,2-4,8,11-12,20H2,1H3,(H,21,22,23). The lowest BCUT2D eigenvalue weighted by Crippen LogP contribution is -2.09. The fourth-order valence-corrected chi connectivity index (χ4v) is 2.88. The Labute approximate surface area is 148 Å². The molecule has 132 valence electrons. The molecule has 3 N–H and O–H groups in total. The maximum Gasteiger partial charge on any atom is 0.248 e. The average Bonchev–Trinajstić information content (AvgIpc) is 2.66. The highest BCUT2D eigenvalue weighted by molar-refractivity contribution is 5.67. The van der Waals surface area contributed by atoms with Gasteiger partial charge in [-0.05, 0) is 44.2 Å². The number of methoxy groups -OCH3 is 1. The van der Waals surface area contributed by atoms with Crippen LogP contribution in [-0.4, -0.2) is 23.6 Å². The maximum atomic E-state index is 6.17. The predicted molar refractivity (Wildman–Crippen MR) is 99.2 cm³/mol. The van der Waals surface area contributed by atoms with E-state index in [2.05, 4.69) is 21.4 Å². The van der Waals surface area contributed by atoms with Crippen molar-refractivity contribution in [2.24, 2.45) is 0 Å². The Morgan fingerprint density at radius 1 is 1.16 bits per heavy atom. The molecule has 1 aliphatic rings. The molecule has 2 aromatic rings. The zero-order valence-electron chi connectivity index (χ0n) is 14.5. The van der Waals surface area contributed by atoms with Crippen LogP contribution in [0.1, 0.15) is 32.1 Å². The number of nitrogens with one attached hydrogen (secondary N) is 1. The molecule has 0 atom stereocenters. The van der Waals surface area contributed by atoms with E-state index < -0.39 is 0 Å². The van der Waals surface area contributed by atoms with Crippen molar-refractivity contribution in [3.63, 3.8) is 0 Å². The van der Waals surface area contributed by atoms with Crippen molar-refractivity contribution in [1.29, 1.82) is 0 Å². The molecule has 0 spiro atoms. The Balaban J connectivity index is 1.66. The number of allylic oxidation sites excluding steroid dienone is 1. The minimum atomic E-state index is 0.318. The average molecular weight is 340 g/mol. The SMILES string of the molecule is COc1ccccc1Oc1ncnc(NCCC2=CCCCC2)c1N. The second-order valence-corrected chi connectivity index (χ2v) is 5.98. The summed E-state index contributed by atoms with van der Waals surface area (Å²) in [4.78, 5) is 8.37. The first-order valence-corrected chi connectivity index (χ1v) is 8.61. The molecule has 6 heteroatoms. The number of nitrogen functional groups attached to an aromatic ring is 1. The summed E-state index contributed by atoms with van der Waals surface area (Å²) in [6, 6.07) is 7.38. The molecule has 3 rings (SSSR count). The summed E-state index contributed by atoms with van der Waals surface area (Å²) < 4.78 is 11.1. The molecule has 1 heterocycles. The van der Waals surface area contributed by atoms with E-state index in [4.69, 9.17) is 15.2 Å². The normalized spacial score (nSPS) is 13.9. The van der Waals surface area contributed by atoms with Crippen molar-refractivity contribution in [3.8, 4) is 17.4 Å². The molecule has 0 aliphatic heterocycles. The number of hydrogen-bond donors (Lipinski definition) is 2. The summed E-state index contributed by atoms with van der Waals surface area (Å²) in [7, 11) is 1.60. The number of nitrogens with two attached hydrogens (primary N) is 1.